The van der Waals surface area contributed by atoms with Gasteiger partial charge in [0.2, 0.25) is 0 Å². The Bertz CT molecular complexity index is 551. The molecule has 1 amide bonds. The Morgan fingerprint density at radius 3 is 2.67 bits per heavy atom. The van der Waals surface area contributed by atoms with Crippen molar-refractivity contribution in [2.75, 3.05) is 14.2 Å². The molecule has 0 radical (unpaired) electrons. The summed E-state index contributed by atoms with van der Waals surface area (Å²) in [7, 11) is 2.96. The average molecular weight is 266 g/mol. The summed E-state index contributed by atoms with van der Waals surface area (Å²) in [4.78, 5) is 20.6. The number of benzene rings is 1. The van der Waals surface area contributed by atoms with Crippen molar-refractivity contribution in [1.82, 2.24) is 14.6 Å². The second kappa shape index (κ2) is 5.20. The van der Waals surface area contributed by atoms with Crippen LogP contribution in [0.3, 0.4) is 0 Å². The number of halogens is 1. The molecule has 18 heavy (non-hydrogen) atoms. The maximum absolute atomic E-state index is 11.8. The standard InChI is InChI=1S/C12H12ClN3O2/c1-15(18-2)12(17)11-7-16(8-14-11)10-5-3-9(13)4-6-10/h3-8H,1-2H3. The van der Waals surface area contributed by atoms with Gasteiger partial charge in [-0.3, -0.25) is 9.63 Å². The summed E-state index contributed by atoms with van der Waals surface area (Å²) in [6.45, 7) is 0. The molecule has 5 nitrogen and oxygen atoms in total. The van der Waals surface area contributed by atoms with Crippen molar-refractivity contribution < 1.29 is 9.63 Å². The number of amides is 1. The van der Waals surface area contributed by atoms with Crippen molar-refractivity contribution in [3.63, 3.8) is 0 Å². The van der Waals surface area contributed by atoms with Crippen LogP contribution < -0.4 is 0 Å². The van der Waals surface area contributed by atoms with E-state index in [4.69, 9.17) is 16.4 Å². The predicted octanol–water partition coefficient (Wildman–Crippen LogP) is 2.16. The fourth-order valence-corrected chi connectivity index (χ4v) is 1.56. The highest BCUT2D eigenvalue weighted by Gasteiger charge is 2.14. The molecule has 1 aromatic carbocycles. The van der Waals surface area contributed by atoms with Crippen LogP contribution in [0.5, 0.6) is 0 Å². The van der Waals surface area contributed by atoms with Gasteiger partial charge in [0.05, 0.1) is 7.11 Å². The van der Waals surface area contributed by atoms with Gasteiger partial charge in [-0.15, -0.1) is 0 Å². The first kappa shape index (κ1) is 12.6. The number of carbonyl (C=O) groups is 1. The molecule has 0 aliphatic heterocycles. The van der Waals surface area contributed by atoms with Gasteiger partial charge in [0.25, 0.3) is 5.91 Å². The Labute approximate surface area is 110 Å². The van der Waals surface area contributed by atoms with E-state index in [1.165, 1.54) is 14.2 Å². The van der Waals surface area contributed by atoms with Crippen molar-refractivity contribution in [3.05, 3.63) is 47.5 Å². The van der Waals surface area contributed by atoms with Crippen LogP contribution in [0, 0.1) is 0 Å². The summed E-state index contributed by atoms with van der Waals surface area (Å²) in [5, 5.41) is 1.78. The first-order valence-electron chi connectivity index (χ1n) is 5.24. The van der Waals surface area contributed by atoms with Crippen molar-refractivity contribution in [3.8, 4) is 5.69 Å². The normalized spacial score (nSPS) is 10.4. The monoisotopic (exact) mass is 265 g/mol. The number of hydroxylamine groups is 2. The second-order valence-electron chi connectivity index (χ2n) is 3.63. The van der Waals surface area contributed by atoms with Gasteiger partial charge in [-0.25, -0.2) is 10.0 Å². The first-order chi connectivity index (χ1) is 8.61. The molecular weight excluding hydrogens is 254 g/mol. The molecule has 0 spiro atoms. The molecular formula is C12H12ClN3O2. The van der Waals surface area contributed by atoms with Gasteiger partial charge in [-0.2, -0.15) is 0 Å². The number of imidazole rings is 1. The third kappa shape index (κ3) is 2.52. The largest absolute Gasteiger partial charge is 0.305 e. The molecule has 6 heteroatoms. The third-order valence-electron chi connectivity index (χ3n) is 2.49. The predicted molar refractivity (Wildman–Crippen MR) is 67.7 cm³/mol. The zero-order valence-electron chi connectivity index (χ0n) is 10.0. The fraction of sp³-hybridized carbons (Fsp3) is 0.167. The minimum atomic E-state index is -0.301. The zero-order chi connectivity index (χ0) is 13.1. The van der Waals surface area contributed by atoms with E-state index in [0.717, 1.165) is 10.8 Å². The lowest BCUT2D eigenvalue weighted by molar-refractivity contribution is -0.0760. The van der Waals surface area contributed by atoms with Gasteiger partial charge in [0.1, 0.15) is 12.0 Å². The Hall–Kier alpha value is -1.85. The van der Waals surface area contributed by atoms with Crippen LogP contribution in [0.25, 0.3) is 5.69 Å². The number of hydrogen-bond acceptors (Lipinski definition) is 3. The summed E-state index contributed by atoms with van der Waals surface area (Å²) in [5.41, 5.74) is 1.19. The molecule has 0 unspecified atom stereocenters. The van der Waals surface area contributed by atoms with Crippen LogP contribution in [0.15, 0.2) is 36.8 Å². The zero-order valence-corrected chi connectivity index (χ0v) is 10.8. The quantitative estimate of drug-likeness (QED) is 0.799. The molecule has 1 aromatic heterocycles. The van der Waals surface area contributed by atoms with E-state index < -0.39 is 0 Å². The smallest absolute Gasteiger partial charge is 0.297 e. The first-order valence-corrected chi connectivity index (χ1v) is 5.61. The molecule has 2 rings (SSSR count). The molecule has 2 aromatic rings. The lowest BCUT2D eigenvalue weighted by Crippen LogP contribution is -2.25. The molecule has 0 aliphatic carbocycles. The van der Waals surface area contributed by atoms with E-state index in [2.05, 4.69) is 4.98 Å². The van der Waals surface area contributed by atoms with Crippen molar-refractivity contribution in [2.45, 2.75) is 0 Å². The minimum absolute atomic E-state index is 0.301. The van der Waals surface area contributed by atoms with E-state index in [9.17, 15) is 4.79 Å². The molecule has 1 heterocycles. The van der Waals surface area contributed by atoms with Gasteiger partial charge < -0.3 is 4.57 Å². The highest BCUT2D eigenvalue weighted by atomic mass is 35.5. The van der Waals surface area contributed by atoms with Crippen LogP contribution in [0.1, 0.15) is 10.5 Å². The molecule has 0 bridgehead atoms. The van der Waals surface area contributed by atoms with Gasteiger partial charge in [0.15, 0.2) is 0 Å². The van der Waals surface area contributed by atoms with Gasteiger partial charge >= 0.3 is 0 Å². The summed E-state index contributed by atoms with van der Waals surface area (Å²) in [5.74, 6) is -0.301. The SMILES string of the molecule is CON(C)C(=O)c1cn(-c2ccc(Cl)cc2)cn1. The summed E-state index contributed by atoms with van der Waals surface area (Å²) >= 11 is 5.81. The summed E-state index contributed by atoms with van der Waals surface area (Å²) < 4.78 is 1.74. The number of carbonyl (C=O) groups excluding carboxylic acids is 1. The van der Waals surface area contributed by atoms with Crippen molar-refractivity contribution in [1.29, 1.82) is 0 Å². The van der Waals surface area contributed by atoms with Crippen molar-refractivity contribution >= 4 is 17.5 Å². The van der Waals surface area contributed by atoms with Crippen LogP contribution in [-0.4, -0.2) is 34.7 Å². The maximum atomic E-state index is 11.8. The van der Waals surface area contributed by atoms with Gasteiger partial charge in [-0.05, 0) is 24.3 Å². The Morgan fingerprint density at radius 1 is 1.39 bits per heavy atom. The highest BCUT2D eigenvalue weighted by Crippen LogP contribution is 2.14. The third-order valence-corrected chi connectivity index (χ3v) is 2.74. The van der Waals surface area contributed by atoms with Crippen molar-refractivity contribution in [2.24, 2.45) is 0 Å². The Kier molecular flexibility index (Phi) is 3.64. The number of rotatable bonds is 3. The number of hydrogen-bond donors (Lipinski definition) is 0. The number of aromatic nitrogens is 2. The van der Waals surface area contributed by atoms with Crippen LogP contribution in [0.4, 0.5) is 0 Å². The molecule has 0 atom stereocenters. The van der Waals surface area contributed by atoms with E-state index >= 15 is 0 Å². The average Bonchev–Trinajstić information content (AvgIpc) is 2.87. The summed E-state index contributed by atoms with van der Waals surface area (Å²) in [6.07, 6.45) is 3.21. The lowest BCUT2D eigenvalue weighted by atomic mass is 10.3. The van der Waals surface area contributed by atoms with Crippen LogP contribution in [0.2, 0.25) is 5.02 Å². The topological polar surface area (TPSA) is 47.4 Å². The van der Waals surface area contributed by atoms with Crippen LogP contribution >= 0.6 is 11.6 Å². The molecule has 0 aliphatic rings. The molecule has 0 N–H and O–H groups in total. The minimum Gasteiger partial charge on any atom is -0.305 e. The second-order valence-corrected chi connectivity index (χ2v) is 4.06. The van der Waals surface area contributed by atoms with Crippen LogP contribution in [-0.2, 0) is 4.84 Å². The molecule has 0 saturated heterocycles. The molecule has 0 saturated carbocycles. The van der Waals surface area contributed by atoms with E-state index in [-0.39, 0.29) is 5.91 Å². The molecule has 0 fully saturated rings. The highest BCUT2D eigenvalue weighted by molar-refractivity contribution is 6.30. The maximum Gasteiger partial charge on any atom is 0.297 e. The van der Waals surface area contributed by atoms with Gasteiger partial charge in [-0.1, -0.05) is 11.6 Å². The van der Waals surface area contributed by atoms with E-state index in [1.807, 2.05) is 12.1 Å². The lowest BCUT2D eigenvalue weighted by Gasteiger charge is -2.11. The Morgan fingerprint density at radius 2 is 2.06 bits per heavy atom. The van der Waals surface area contributed by atoms with E-state index in [0.29, 0.717) is 10.7 Å². The van der Waals surface area contributed by atoms with E-state index in [1.54, 1.807) is 29.2 Å². The molecule has 94 valence electrons. The van der Waals surface area contributed by atoms with Gasteiger partial charge in [0, 0.05) is 24.0 Å². The number of nitrogens with zero attached hydrogens (tertiary/aromatic N) is 3. The summed E-state index contributed by atoms with van der Waals surface area (Å²) in [6, 6.07) is 7.25. The fourth-order valence-electron chi connectivity index (χ4n) is 1.43. The Balaban J connectivity index is 2.25.